The first kappa shape index (κ1) is 19.2. The zero-order valence-corrected chi connectivity index (χ0v) is 17.1. The Bertz CT molecular complexity index is 1030. The van der Waals surface area contributed by atoms with Gasteiger partial charge in [-0.2, -0.15) is 0 Å². The van der Waals surface area contributed by atoms with Crippen LogP contribution in [0, 0.1) is 6.92 Å². The van der Waals surface area contributed by atoms with Gasteiger partial charge in [-0.25, -0.2) is 4.98 Å². The number of aromatic nitrogens is 1. The van der Waals surface area contributed by atoms with Crippen LogP contribution in [-0.2, 0) is 11.2 Å². The molecule has 0 saturated carbocycles. The second-order valence-corrected chi connectivity index (χ2v) is 7.61. The van der Waals surface area contributed by atoms with Gasteiger partial charge < -0.3 is 15.0 Å². The van der Waals surface area contributed by atoms with E-state index in [4.69, 9.17) is 9.72 Å². The summed E-state index contributed by atoms with van der Waals surface area (Å²) >= 11 is 0. The van der Waals surface area contributed by atoms with Crippen molar-refractivity contribution in [3.8, 4) is 5.75 Å². The van der Waals surface area contributed by atoms with E-state index >= 15 is 0 Å². The fourth-order valence-corrected chi connectivity index (χ4v) is 3.97. The molecule has 5 nitrogen and oxygen atoms in total. The van der Waals surface area contributed by atoms with Gasteiger partial charge in [0.1, 0.15) is 11.6 Å². The van der Waals surface area contributed by atoms with Crippen LogP contribution in [0.5, 0.6) is 5.75 Å². The van der Waals surface area contributed by atoms with E-state index in [1.807, 2.05) is 42.5 Å². The number of ether oxygens (including phenoxy) is 1. The molecule has 1 amide bonds. The van der Waals surface area contributed by atoms with Gasteiger partial charge in [-0.15, -0.1) is 0 Å². The number of hydrogen-bond donors (Lipinski definition) is 1. The fourth-order valence-electron chi connectivity index (χ4n) is 3.97. The Morgan fingerprint density at radius 2 is 1.90 bits per heavy atom. The number of nitrogens with one attached hydrogen (secondary N) is 1. The maximum atomic E-state index is 12.5. The largest absolute Gasteiger partial charge is 0.496 e. The van der Waals surface area contributed by atoms with Crippen LogP contribution in [0.15, 0.2) is 48.5 Å². The number of anilines is 2. The van der Waals surface area contributed by atoms with Crippen molar-refractivity contribution in [2.24, 2.45) is 0 Å². The molecule has 0 unspecified atom stereocenters. The Kier molecular flexibility index (Phi) is 5.65. The minimum atomic E-state index is -0.0654. The van der Waals surface area contributed by atoms with Crippen LogP contribution in [0.3, 0.4) is 0 Å². The lowest BCUT2D eigenvalue weighted by Crippen LogP contribution is -2.30. The summed E-state index contributed by atoms with van der Waals surface area (Å²) in [5, 5.41) is 4.08. The molecule has 1 saturated heterocycles. The van der Waals surface area contributed by atoms with Crippen molar-refractivity contribution in [3.05, 3.63) is 59.7 Å². The molecule has 3 aromatic rings. The van der Waals surface area contributed by atoms with Crippen LogP contribution in [0.25, 0.3) is 10.9 Å². The Morgan fingerprint density at radius 1 is 1.10 bits per heavy atom. The molecule has 0 atom stereocenters. The van der Waals surface area contributed by atoms with E-state index in [1.54, 1.807) is 7.11 Å². The zero-order valence-electron chi connectivity index (χ0n) is 17.1. The van der Waals surface area contributed by atoms with Gasteiger partial charge in [-0.05, 0) is 62.1 Å². The number of benzene rings is 2. The summed E-state index contributed by atoms with van der Waals surface area (Å²) in [5.41, 5.74) is 3.80. The molecule has 1 aliphatic heterocycles. The highest BCUT2D eigenvalue weighted by atomic mass is 16.5. The second-order valence-electron chi connectivity index (χ2n) is 7.61. The highest BCUT2D eigenvalue weighted by molar-refractivity contribution is 5.96. The summed E-state index contributed by atoms with van der Waals surface area (Å²) in [6.45, 7) is 4.27. The Hall–Kier alpha value is -3.08. The predicted molar refractivity (Wildman–Crippen MR) is 118 cm³/mol. The van der Waals surface area contributed by atoms with Gasteiger partial charge in [0.05, 0.1) is 19.0 Å². The summed E-state index contributed by atoms with van der Waals surface area (Å²) in [6.07, 6.45) is 4.04. The zero-order chi connectivity index (χ0) is 20.2. The van der Waals surface area contributed by atoms with Crippen LogP contribution >= 0.6 is 0 Å². The van der Waals surface area contributed by atoms with Crippen LogP contribution in [0.1, 0.15) is 30.4 Å². The minimum Gasteiger partial charge on any atom is -0.496 e. The predicted octanol–water partition coefficient (Wildman–Crippen LogP) is 4.72. The maximum Gasteiger partial charge on any atom is 0.228 e. The van der Waals surface area contributed by atoms with E-state index in [-0.39, 0.29) is 12.3 Å². The Balaban J connectivity index is 1.52. The molecule has 5 heteroatoms. The normalized spacial score (nSPS) is 14.1. The lowest BCUT2D eigenvalue weighted by molar-refractivity contribution is -0.115. The molecule has 2 heterocycles. The third-order valence-corrected chi connectivity index (χ3v) is 5.51. The van der Waals surface area contributed by atoms with Crippen LogP contribution < -0.4 is 15.0 Å². The topological polar surface area (TPSA) is 54.5 Å². The summed E-state index contributed by atoms with van der Waals surface area (Å²) in [5.74, 6) is 1.72. The van der Waals surface area contributed by atoms with Gasteiger partial charge in [-0.1, -0.05) is 18.2 Å². The van der Waals surface area contributed by atoms with E-state index in [1.165, 1.54) is 24.8 Å². The van der Waals surface area contributed by atoms with E-state index < -0.39 is 0 Å². The van der Waals surface area contributed by atoms with Gasteiger partial charge in [0.15, 0.2) is 0 Å². The number of fused-ring (bicyclic) bond motifs is 1. The Morgan fingerprint density at radius 3 is 2.69 bits per heavy atom. The molecule has 150 valence electrons. The minimum absolute atomic E-state index is 0.0654. The Labute approximate surface area is 171 Å². The van der Waals surface area contributed by atoms with Crippen molar-refractivity contribution in [1.29, 1.82) is 0 Å². The molecule has 1 aliphatic rings. The number of amides is 1. The molecule has 0 radical (unpaired) electrons. The van der Waals surface area contributed by atoms with Crippen molar-refractivity contribution in [3.63, 3.8) is 0 Å². The molecule has 1 aromatic heterocycles. The average Bonchev–Trinajstić information content (AvgIpc) is 2.75. The molecule has 0 spiro atoms. The summed E-state index contributed by atoms with van der Waals surface area (Å²) < 4.78 is 5.34. The third kappa shape index (κ3) is 4.34. The molecule has 4 rings (SSSR count). The smallest absolute Gasteiger partial charge is 0.228 e. The van der Waals surface area contributed by atoms with E-state index in [2.05, 4.69) is 23.2 Å². The molecule has 1 N–H and O–H groups in total. The number of piperidine rings is 1. The van der Waals surface area contributed by atoms with E-state index in [9.17, 15) is 4.79 Å². The van der Waals surface area contributed by atoms with Crippen LogP contribution in [0.2, 0.25) is 0 Å². The SMILES string of the molecule is COc1ccccc1CC(=O)Nc1ccc2nc(N3CCCCC3)cc(C)c2c1. The molecule has 0 aliphatic carbocycles. The first-order chi connectivity index (χ1) is 14.1. The summed E-state index contributed by atoms with van der Waals surface area (Å²) in [4.78, 5) is 19.8. The number of carbonyl (C=O) groups excluding carboxylic acids is 1. The highest BCUT2D eigenvalue weighted by Crippen LogP contribution is 2.27. The first-order valence-corrected chi connectivity index (χ1v) is 10.2. The van der Waals surface area contributed by atoms with Crippen molar-refractivity contribution in [2.75, 3.05) is 30.4 Å². The van der Waals surface area contributed by atoms with Crippen molar-refractivity contribution in [1.82, 2.24) is 4.98 Å². The number of pyridine rings is 1. The second kappa shape index (κ2) is 8.52. The van der Waals surface area contributed by atoms with E-state index in [0.717, 1.165) is 46.8 Å². The van der Waals surface area contributed by atoms with Gasteiger partial charge in [0, 0.05) is 29.7 Å². The third-order valence-electron chi connectivity index (χ3n) is 5.51. The van der Waals surface area contributed by atoms with Gasteiger partial charge in [0.25, 0.3) is 0 Å². The quantitative estimate of drug-likeness (QED) is 0.686. The van der Waals surface area contributed by atoms with Gasteiger partial charge in [-0.3, -0.25) is 4.79 Å². The number of hydrogen-bond acceptors (Lipinski definition) is 4. The van der Waals surface area contributed by atoms with Gasteiger partial charge in [0.2, 0.25) is 5.91 Å². The molecule has 2 aromatic carbocycles. The lowest BCUT2D eigenvalue weighted by atomic mass is 10.1. The van der Waals surface area contributed by atoms with Crippen molar-refractivity contribution >= 4 is 28.3 Å². The number of carbonyl (C=O) groups is 1. The number of rotatable bonds is 5. The number of nitrogens with zero attached hydrogens (tertiary/aromatic N) is 2. The molecule has 0 bridgehead atoms. The summed E-state index contributed by atoms with van der Waals surface area (Å²) in [6, 6.07) is 15.7. The molecular formula is C24H27N3O2. The number of aryl methyl sites for hydroxylation is 1. The highest BCUT2D eigenvalue weighted by Gasteiger charge is 2.14. The van der Waals surface area contributed by atoms with Crippen molar-refractivity contribution < 1.29 is 9.53 Å². The fraction of sp³-hybridized carbons (Fsp3) is 0.333. The van der Waals surface area contributed by atoms with Crippen LogP contribution in [0.4, 0.5) is 11.5 Å². The molecule has 29 heavy (non-hydrogen) atoms. The monoisotopic (exact) mass is 389 g/mol. The van der Waals surface area contributed by atoms with Gasteiger partial charge >= 0.3 is 0 Å². The lowest BCUT2D eigenvalue weighted by Gasteiger charge is -2.28. The maximum absolute atomic E-state index is 12.5. The average molecular weight is 389 g/mol. The van der Waals surface area contributed by atoms with Crippen molar-refractivity contribution in [2.45, 2.75) is 32.6 Å². The number of para-hydroxylation sites is 1. The summed E-state index contributed by atoms with van der Waals surface area (Å²) in [7, 11) is 1.62. The number of methoxy groups -OCH3 is 1. The standard InChI is InChI=1S/C24H27N3O2/c1-17-14-23(27-12-6-3-7-13-27)26-21-11-10-19(16-20(17)21)25-24(28)15-18-8-4-5-9-22(18)29-2/h4-5,8-11,14,16H,3,6-7,12-13,15H2,1-2H3,(H,25,28). The molecular weight excluding hydrogens is 362 g/mol. The van der Waals surface area contributed by atoms with E-state index in [0.29, 0.717) is 0 Å². The van der Waals surface area contributed by atoms with Crippen LogP contribution in [-0.4, -0.2) is 31.1 Å². The first-order valence-electron chi connectivity index (χ1n) is 10.2. The molecule has 1 fully saturated rings.